The SMILES string of the molecule is CNS(=O)(=O)c1ccc(Oc2ccc(SC)cc2)c(C2CCCN2C)c1.Cl. The number of hydrogen-bond acceptors (Lipinski definition) is 5. The molecule has 5 nitrogen and oxygen atoms in total. The second kappa shape index (κ2) is 9.30. The molecule has 1 unspecified atom stereocenters. The minimum absolute atomic E-state index is 0. The highest BCUT2D eigenvalue weighted by atomic mass is 35.5. The lowest BCUT2D eigenvalue weighted by atomic mass is 10.0. The van der Waals surface area contributed by atoms with Crippen LogP contribution < -0.4 is 9.46 Å². The average Bonchev–Trinajstić information content (AvgIpc) is 3.08. The number of sulfonamides is 1. The number of rotatable bonds is 6. The fraction of sp³-hybridized carbons (Fsp3) is 0.368. The first-order valence-electron chi connectivity index (χ1n) is 8.54. The molecule has 0 spiro atoms. The number of benzene rings is 2. The minimum atomic E-state index is -3.49. The zero-order valence-corrected chi connectivity index (χ0v) is 18.1. The van der Waals surface area contributed by atoms with Crippen LogP contribution in [-0.4, -0.2) is 40.2 Å². The van der Waals surface area contributed by atoms with Gasteiger partial charge in [-0.3, -0.25) is 4.90 Å². The molecule has 1 N–H and O–H groups in total. The van der Waals surface area contributed by atoms with Crippen molar-refractivity contribution < 1.29 is 13.2 Å². The van der Waals surface area contributed by atoms with Gasteiger partial charge in [0.1, 0.15) is 11.5 Å². The number of halogens is 1. The molecule has 0 bridgehead atoms. The third-order valence-corrected chi connectivity index (χ3v) is 6.88. The predicted octanol–water partition coefficient (Wildman–Crippen LogP) is 4.30. The number of hydrogen-bond donors (Lipinski definition) is 1. The van der Waals surface area contributed by atoms with E-state index >= 15 is 0 Å². The van der Waals surface area contributed by atoms with Crippen molar-refractivity contribution in [3.05, 3.63) is 48.0 Å². The van der Waals surface area contributed by atoms with Crippen molar-refractivity contribution in [3.63, 3.8) is 0 Å². The second-order valence-corrected chi connectivity index (χ2v) is 9.09. The van der Waals surface area contributed by atoms with Crippen LogP contribution in [0.1, 0.15) is 24.4 Å². The molecule has 2 aromatic rings. The van der Waals surface area contributed by atoms with Crippen LogP contribution in [0.5, 0.6) is 11.5 Å². The van der Waals surface area contributed by atoms with Gasteiger partial charge in [-0.25, -0.2) is 13.1 Å². The Balaban J connectivity index is 0.00000261. The molecule has 1 heterocycles. The maximum absolute atomic E-state index is 12.2. The van der Waals surface area contributed by atoms with Gasteiger partial charge >= 0.3 is 0 Å². The van der Waals surface area contributed by atoms with Crippen LogP contribution in [0.25, 0.3) is 0 Å². The Morgan fingerprint density at radius 1 is 1.19 bits per heavy atom. The van der Waals surface area contributed by atoms with Gasteiger partial charge < -0.3 is 4.74 Å². The van der Waals surface area contributed by atoms with Gasteiger partial charge in [-0.05, 0) is 82.2 Å². The van der Waals surface area contributed by atoms with Crippen molar-refractivity contribution in [2.45, 2.75) is 28.7 Å². The van der Waals surface area contributed by atoms with Crippen molar-refractivity contribution in [1.29, 1.82) is 0 Å². The van der Waals surface area contributed by atoms with Gasteiger partial charge in [0.25, 0.3) is 0 Å². The Morgan fingerprint density at radius 3 is 2.44 bits per heavy atom. The summed E-state index contributed by atoms with van der Waals surface area (Å²) in [5.41, 5.74) is 0.912. The van der Waals surface area contributed by atoms with Crippen molar-refractivity contribution in [2.75, 3.05) is 26.9 Å². The van der Waals surface area contributed by atoms with Crippen LogP contribution in [0.3, 0.4) is 0 Å². The van der Waals surface area contributed by atoms with Gasteiger partial charge in [-0.2, -0.15) is 0 Å². The Morgan fingerprint density at radius 2 is 1.89 bits per heavy atom. The minimum Gasteiger partial charge on any atom is -0.457 e. The Labute approximate surface area is 171 Å². The lowest BCUT2D eigenvalue weighted by molar-refractivity contribution is 0.309. The lowest BCUT2D eigenvalue weighted by Crippen LogP contribution is -2.21. The fourth-order valence-corrected chi connectivity index (χ4v) is 4.41. The number of ether oxygens (including phenoxy) is 1. The van der Waals surface area contributed by atoms with Gasteiger partial charge in [0.05, 0.1) is 4.90 Å². The molecule has 0 aliphatic carbocycles. The van der Waals surface area contributed by atoms with Gasteiger partial charge in [0.2, 0.25) is 10.0 Å². The maximum Gasteiger partial charge on any atom is 0.240 e. The summed E-state index contributed by atoms with van der Waals surface area (Å²) in [6, 6.07) is 13.1. The van der Waals surface area contributed by atoms with E-state index in [4.69, 9.17) is 4.74 Å². The van der Waals surface area contributed by atoms with E-state index in [-0.39, 0.29) is 23.3 Å². The normalized spacial score (nSPS) is 17.5. The Hall–Kier alpha value is -1.25. The zero-order chi connectivity index (χ0) is 18.7. The average molecular weight is 429 g/mol. The van der Waals surface area contributed by atoms with Crippen LogP contribution in [-0.2, 0) is 10.0 Å². The molecule has 0 radical (unpaired) electrons. The quantitative estimate of drug-likeness (QED) is 0.695. The Bertz CT molecular complexity index is 873. The van der Waals surface area contributed by atoms with Gasteiger partial charge in [-0.1, -0.05) is 0 Å². The molecule has 8 heteroatoms. The van der Waals surface area contributed by atoms with Crippen molar-refractivity contribution in [2.24, 2.45) is 0 Å². The first-order chi connectivity index (χ1) is 12.4. The van der Waals surface area contributed by atoms with E-state index < -0.39 is 10.0 Å². The molecule has 27 heavy (non-hydrogen) atoms. The van der Waals surface area contributed by atoms with Crippen LogP contribution in [0.2, 0.25) is 0 Å². The molecular weight excluding hydrogens is 404 g/mol. The summed E-state index contributed by atoms with van der Waals surface area (Å²) in [4.78, 5) is 3.68. The first-order valence-corrected chi connectivity index (χ1v) is 11.2. The van der Waals surface area contributed by atoms with Gasteiger partial charge in [0.15, 0.2) is 0 Å². The Kier molecular flexibility index (Phi) is 7.59. The topological polar surface area (TPSA) is 58.6 Å². The number of nitrogens with one attached hydrogen (secondary N) is 1. The molecular formula is C19H25ClN2O3S2. The highest BCUT2D eigenvalue weighted by molar-refractivity contribution is 7.98. The third kappa shape index (κ3) is 4.97. The molecule has 0 amide bonds. The number of likely N-dealkylation sites (tertiary alicyclic amines) is 1. The summed E-state index contributed by atoms with van der Waals surface area (Å²) in [6.07, 6.45) is 4.11. The number of thioether (sulfide) groups is 1. The van der Waals surface area contributed by atoms with Crippen molar-refractivity contribution >= 4 is 34.2 Å². The monoisotopic (exact) mass is 428 g/mol. The predicted molar refractivity (Wildman–Crippen MR) is 113 cm³/mol. The molecule has 1 aliphatic heterocycles. The molecule has 0 aromatic heterocycles. The van der Waals surface area contributed by atoms with E-state index in [1.807, 2.05) is 30.5 Å². The molecule has 148 valence electrons. The third-order valence-electron chi connectivity index (χ3n) is 4.73. The summed E-state index contributed by atoms with van der Waals surface area (Å²) >= 11 is 1.68. The van der Waals surface area contributed by atoms with E-state index in [0.29, 0.717) is 5.75 Å². The standard InChI is InChI=1S/C19H24N2O3S2.ClH/c1-20-26(22,23)16-10-11-19(17(13-16)18-5-4-12-21(18)2)24-14-6-8-15(25-3)9-7-14;/h6-11,13,18,20H,4-5,12H2,1-3H3;1H. The van der Waals surface area contributed by atoms with Crippen LogP contribution in [0, 0.1) is 0 Å². The molecule has 1 saturated heterocycles. The summed E-state index contributed by atoms with van der Waals surface area (Å²) in [7, 11) is -0.00472. The van der Waals surface area contributed by atoms with Gasteiger partial charge in [-0.15, -0.1) is 24.2 Å². The highest BCUT2D eigenvalue weighted by Gasteiger charge is 2.27. The van der Waals surface area contributed by atoms with E-state index in [2.05, 4.69) is 16.7 Å². The molecule has 3 rings (SSSR count). The smallest absolute Gasteiger partial charge is 0.240 e. The van der Waals surface area contributed by atoms with Crippen molar-refractivity contribution in [1.82, 2.24) is 9.62 Å². The largest absolute Gasteiger partial charge is 0.457 e. The van der Waals surface area contributed by atoms with E-state index in [0.717, 1.165) is 30.7 Å². The fourth-order valence-electron chi connectivity index (χ4n) is 3.24. The highest BCUT2D eigenvalue weighted by Crippen LogP contribution is 2.39. The van der Waals surface area contributed by atoms with E-state index in [1.165, 1.54) is 11.9 Å². The summed E-state index contributed by atoms with van der Waals surface area (Å²) in [6.45, 7) is 0.996. The molecule has 0 saturated carbocycles. The first kappa shape index (κ1) is 22.0. The number of nitrogens with zero attached hydrogens (tertiary/aromatic N) is 1. The van der Waals surface area contributed by atoms with E-state index in [1.54, 1.807) is 30.0 Å². The molecule has 2 aromatic carbocycles. The van der Waals surface area contributed by atoms with Crippen LogP contribution in [0.4, 0.5) is 0 Å². The second-order valence-electron chi connectivity index (χ2n) is 6.32. The molecule has 1 atom stereocenters. The van der Waals surface area contributed by atoms with Crippen molar-refractivity contribution in [3.8, 4) is 11.5 Å². The maximum atomic E-state index is 12.2. The summed E-state index contributed by atoms with van der Waals surface area (Å²) in [5.74, 6) is 1.45. The molecule has 1 fully saturated rings. The lowest BCUT2D eigenvalue weighted by Gasteiger charge is -2.23. The van der Waals surface area contributed by atoms with E-state index in [9.17, 15) is 8.42 Å². The summed E-state index contributed by atoms with van der Waals surface area (Å²) < 4.78 is 32.9. The van der Waals surface area contributed by atoms with Crippen LogP contribution in [0.15, 0.2) is 52.3 Å². The zero-order valence-electron chi connectivity index (χ0n) is 15.6. The van der Waals surface area contributed by atoms with Gasteiger partial charge in [0, 0.05) is 16.5 Å². The summed E-state index contributed by atoms with van der Waals surface area (Å²) in [5, 5.41) is 0. The van der Waals surface area contributed by atoms with Crippen LogP contribution >= 0.6 is 24.2 Å². The molecule has 1 aliphatic rings.